The Bertz CT molecular complexity index is 1730. The molecule has 0 aliphatic carbocycles. The van der Waals surface area contributed by atoms with Gasteiger partial charge in [-0.1, -0.05) is 30.3 Å². The second-order valence-corrected chi connectivity index (χ2v) is 10.3. The number of nitrogens with zero attached hydrogens (tertiary/aromatic N) is 6. The van der Waals surface area contributed by atoms with E-state index in [-0.39, 0.29) is 30.9 Å². The molecule has 1 fully saturated rings. The number of benzene rings is 2. The number of H-pyrrole nitrogens is 1. The standard InChI is InChI=1S/C30H29FN8O3/c1-38-16-23(15-35-38)22-11-20(12-24(31)13-22)14-32-29(40)26-25-28(34-18-33-26)37-27(36-25)21-7-9-39(10-8-21)30(41)42-17-19-5-3-2-4-6-19/h2-6,11-13,15-16,18,21H,7-10,14,17H2,1H3,(H,32,40)(H,33,34,36,37). The average Bonchev–Trinajstić information content (AvgIpc) is 3.65. The van der Waals surface area contributed by atoms with Crippen molar-refractivity contribution in [1.82, 2.24) is 39.9 Å². The molecule has 6 rings (SSSR count). The molecule has 12 heteroatoms. The van der Waals surface area contributed by atoms with E-state index in [0.29, 0.717) is 54.0 Å². The van der Waals surface area contributed by atoms with Gasteiger partial charge in [-0.05, 0) is 47.7 Å². The maximum Gasteiger partial charge on any atom is 0.410 e. The number of halogens is 1. The van der Waals surface area contributed by atoms with E-state index in [1.54, 1.807) is 29.0 Å². The zero-order valence-corrected chi connectivity index (χ0v) is 23.0. The Labute approximate surface area is 240 Å². The molecule has 0 atom stereocenters. The molecule has 42 heavy (non-hydrogen) atoms. The number of amides is 2. The fraction of sp³-hybridized carbons (Fsp3) is 0.267. The van der Waals surface area contributed by atoms with E-state index in [1.165, 1.54) is 18.5 Å². The van der Waals surface area contributed by atoms with Crippen molar-refractivity contribution in [3.05, 3.63) is 95.7 Å². The maximum absolute atomic E-state index is 14.3. The summed E-state index contributed by atoms with van der Waals surface area (Å²) in [7, 11) is 1.79. The minimum Gasteiger partial charge on any atom is -0.445 e. The Kier molecular flexibility index (Phi) is 7.58. The molecular weight excluding hydrogens is 539 g/mol. The smallest absolute Gasteiger partial charge is 0.410 e. The number of likely N-dealkylation sites (tertiary alicyclic amines) is 1. The highest BCUT2D eigenvalue weighted by Gasteiger charge is 2.28. The summed E-state index contributed by atoms with van der Waals surface area (Å²) in [6, 6.07) is 14.2. The summed E-state index contributed by atoms with van der Waals surface area (Å²) in [4.78, 5) is 43.7. The molecule has 3 aromatic heterocycles. The molecule has 11 nitrogen and oxygen atoms in total. The van der Waals surface area contributed by atoms with Crippen LogP contribution in [0.25, 0.3) is 22.3 Å². The predicted octanol–water partition coefficient (Wildman–Crippen LogP) is 4.34. The monoisotopic (exact) mass is 568 g/mol. The molecule has 0 spiro atoms. The number of fused-ring (bicyclic) bond motifs is 1. The number of ether oxygens (including phenoxy) is 1. The van der Waals surface area contributed by atoms with E-state index in [9.17, 15) is 14.0 Å². The van der Waals surface area contributed by atoms with Crippen LogP contribution in [-0.2, 0) is 24.9 Å². The molecule has 0 radical (unpaired) electrons. The number of aromatic amines is 1. The van der Waals surface area contributed by atoms with E-state index in [4.69, 9.17) is 4.74 Å². The zero-order chi connectivity index (χ0) is 29.1. The highest BCUT2D eigenvalue weighted by Crippen LogP contribution is 2.28. The van der Waals surface area contributed by atoms with Gasteiger partial charge in [0.1, 0.15) is 30.1 Å². The minimum absolute atomic E-state index is 0.0616. The van der Waals surface area contributed by atoms with Crippen LogP contribution in [0, 0.1) is 5.82 Å². The number of hydrogen-bond acceptors (Lipinski definition) is 7. The van der Waals surface area contributed by atoms with Crippen LogP contribution in [-0.4, -0.2) is 59.7 Å². The van der Waals surface area contributed by atoms with E-state index in [0.717, 1.165) is 11.1 Å². The van der Waals surface area contributed by atoms with Gasteiger partial charge in [0.25, 0.3) is 5.91 Å². The number of piperidine rings is 1. The van der Waals surface area contributed by atoms with Gasteiger partial charge in [-0.3, -0.25) is 9.48 Å². The first-order valence-electron chi connectivity index (χ1n) is 13.7. The molecule has 0 saturated carbocycles. The molecule has 0 unspecified atom stereocenters. The maximum atomic E-state index is 14.3. The minimum atomic E-state index is -0.430. The second kappa shape index (κ2) is 11.8. The van der Waals surface area contributed by atoms with Gasteiger partial charge >= 0.3 is 6.09 Å². The molecule has 214 valence electrons. The van der Waals surface area contributed by atoms with Crippen LogP contribution in [0.15, 0.2) is 67.3 Å². The molecule has 4 heterocycles. The summed E-state index contributed by atoms with van der Waals surface area (Å²) in [6.07, 6.45) is 5.80. The number of aromatic nitrogens is 6. The molecule has 2 aromatic carbocycles. The third kappa shape index (κ3) is 5.97. The van der Waals surface area contributed by atoms with Gasteiger partial charge in [0.15, 0.2) is 11.3 Å². The van der Waals surface area contributed by atoms with Crippen molar-refractivity contribution in [2.24, 2.45) is 7.05 Å². The summed E-state index contributed by atoms with van der Waals surface area (Å²) < 4.78 is 21.4. The summed E-state index contributed by atoms with van der Waals surface area (Å²) in [5.74, 6) is -0.0749. The summed E-state index contributed by atoms with van der Waals surface area (Å²) in [6.45, 7) is 1.40. The molecule has 2 amide bonds. The highest BCUT2D eigenvalue weighted by molar-refractivity contribution is 6.02. The van der Waals surface area contributed by atoms with Gasteiger partial charge < -0.3 is 19.9 Å². The Balaban J connectivity index is 1.09. The molecule has 5 aromatic rings. The Morgan fingerprint density at radius 1 is 1.07 bits per heavy atom. The first-order chi connectivity index (χ1) is 20.4. The molecule has 2 N–H and O–H groups in total. The number of carbonyl (C=O) groups excluding carboxylic acids is 2. The Morgan fingerprint density at radius 2 is 1.88 bits per heavy atom. The van der Waals surface area contributed by atoms with E-state index in [2.05, 4.69) is 30.4 Å². The van der Waals surface area contributed by atoms with Gasteiger partial charge in [0, 0.05) is 44.4 Å². The molecule has 1 aliphatic rings. The normalized spacial score (nSPS) is 13.8. The van der Waals surface area contributed by atoms with Gasteiger partial charge in [0.2, 0.25) is 0 Å². The fourth-order valence-corrected chi connectivity index (χ4v) is 5.11. The topological polar surface area (TPSA) is 131 Å². The van der Waals surface area contributed by atoms with Gasteiger partial charge in [-0.2, -0.15) is 5.10 Å². The van der Waals surface area contributed by atoms with Crippen LogP contribution in [0.4, 0.5) is 9.18 Å². The van der Waals surface area contributed by atoms with Crippen molar-refractivity contribution in [2.75, 3.05) is 13.1 Å². The van der Waals surface area contributed by atoms with Gasteiger partial charge in [-0.25, -0.2) is 24.1 Å². The number of nitrogens with one attached hydrogen (secondary N) is 2. The second-order valence-electron chi connectivity index (χ2n) is 10.3. The first kappa shape index (κ1) is 27.1. The molecule has 0 bridgehead atoms. The Morgan fingerprint density at radius 3 is 2.64 bits per heavy atom. The summed E-state index contributed by atoms with van der Waals surface area (Å²) in [5, 5.41) is 6.96. The van der Waals surface area contributed by atoms with Crippen molar-refractivity contribution in [3.63, 3.8) is 0 Å². The lowest BCUT2D eigenvalue weighted by molar-refractivity contribution is 0.0866. The van der Waals surface area contributed by atoms with E-state index >= 15 is 0 Å². The van der Waals surface area contributed by atoms with E-state index in [1.807, 2.05) is 36.4 Å². The van der Waals surface area contributed by atoms with Crippen LogP contribution in [0.5, 0.6) is 0 Å². The molecular formula is C30H29FN8O3. The lowest BCUT2D eigenvalue weighted by atomic mass is 9.96. The highest BCUT2D eigenvalue weighted by atomic mass is 19.1. The zero-order valence-electron chi connectivity index (χ0n) is 23.0. The number of rotatable bonds is 7. The number of imidazole rings is 1. The van der Waals surface area contributed by atoms with Gasteiger partial charge in [-0.15, -0.1) is 0 Å². The summed E-state index contributed by atoms with van der Waals surface area (Å²) >= 11 is 0. The molecule has 1 saturated heterocycles. The Hall–Kier alpha value is -5.13. The largest absolute Gasteiger partial charge is 0.445 e. The molecule has 1 aliphatic heterocycles. The van der Waals surface area contributed by atoms with Crippen LogP contribution >= 0.6 is 0 Å². The fourth-order valence-electron chi connectivity index (χ4n) is 5.11. The van der Waals surface area contributed by atoms with Crippen LogP contribution in [0.3, 0.4) is 0 Å². The number of carbonyl (C=O) groups is 2. The first-order valence-corrected chi connectivity index (χ1v) is 13.7. The van der Waals surface area contributed by atoms with Crippen molar-refractivity contribution in [3.8, 4) is 11.1 Å². The number of aryl methyl sites for hydroxylation is 1. The van der Waals surface area contributed by atoms with Gasteiger partial charge in [0.05, 0.1) is 6.20 Å². The third-order valence-corrected chi connectivity index (χ3v) is 7.32. The lowest BCUT2D eigenvalue weighted by Crippen LogP contribution is -2.38. The van der Waals surface area contributed by atoms with Crippen molar-refractivity contribution < 1.29 is 18.7 Å². The van der Waals surface area contributed by atoms with E-state index < -0.39 is 11.7 Å². The van der Waals surface area contributed by atoms with Crippen LogP contribution < -0.4 is 5.32 Å². The van der Waals surface area contributed by atoms with Crippen molar-refractivity contribution >= 4 is 23.2 Å². The number of hydrogen-bond donors (Lipinski definition) is 2. The van der Waals surface area contributed by atoms with Crippen molar-refractivity contribution in [2.45, 2.75) is 31.9 Å². The van der Waals surface area contributed by atoms with Crippen LogP contribution in [0.2, 0.25) is 0 Å². The lowest BCUT2D eigenvalue weighted by Gasteiger charge is -2.30. The predicted molar refractivity (Wildman–Crippen MR) is 152 cm³/mol. The third-order valence-electron chi connectivity index (χ3n) is 7.32. The average molecular weight is 569 g/mol. The quantitative estimate of drug-likeness (QED) is 0.299. The summed E-state index contributed by atoms with van der Waals surface area (Å²) in [5.41, 5.74) is 3.97. The van der Waals surface area contributed by atoms with Crippen molar-refractivity contribution in [1.29, 1.82) is 0 Å². The SMILES string of the molecule is Cn1cc(-c2cc(F)cc(CNC(=O)c3ncnc4nc(C5CCN(C(=O)OCc6ccccc6)CC5)[nH]c34)c2)cn1. The van der Waals surface area contributed by atoms with Crippen LogP contribution in [0.1, 0.15) is 46.2 Å².